The monoisotopic (exact) mass is 157 g/mol. The minimum Gasteiger partial charge on any atom is -0.307 e. The largest absolute Gasteiger partial charge is 0.307 e. The van der Waals surface area contributed by atoms with Gasteiger partial charge in [-0.15, -0.1) is 0 Å². The van der Waals surface area contributed by atoms with Gasteiger partial charge in [-0.2, -0.15) is 0 Å². The van der Waals surface area contributed by atoms with E-state index >= 15 is 0 Å². The molecule has 1 fully saturated rings. The number of rotatable bonds is 2. The molecule has 1 aliphatic carbocycles. The molecule has 0 unspecified atom stereocenters. The van der Waals surface area contributed by atoms with Gasteiger partial charge in [0.15, 0.2) is 0 Å². The second-order valence-corrected chi connectivity index (χ2v) is 4.00. The molecule has 0 N–H and O–H groups in total. The topological polar surface area (TPSA) is 3.24 Å². The van der Waals surface area contributed by atoms with E-state index in [4.69, 9.17) is 0 Å². The molecule has 0 spiro atoms. The van der Waals surface area contributed by atoms with Crippen LogP contribution in [0, 0.1) is 0 Å². The van der Waals surface area contributed by atoms with Gasteiger partial charge in [0.2, 0.25) is 0 Å². The van der Waals surface area contributed by atoms with Crippen molar-refractivity contribution in [2.75, 3.05) is 13.2 Å². The van der Waals surface area contributed by atoms with Crippen molar-refractivity contribution in [1.29, 1.82) is 0 Å². The molecule has 1 nitrogen and oxygen atoms in total. The average molecular weight is 157 g/mol. The molecule has 0 bridgehead atoms. The second-order valence-electron chi connectivity index (χ2n) is 3.37. The predicted octanol–water partition coefficient (Wildman–Crippen LogP) is 0.574. The van der Waals surface area contributed by atoms with Crippen molar-refractivity contribution in [3.05, 3.63) is 0 Å². The van der Waals surface area contributed by atoms with Gasteiger partial charge in [0.05, 0.1) is 0 Å². The lowest BCUT2D eigenvalue weighted by molar-refractivity contribution is 0.218. The second kappa shape index (κ2) is 4.14. The molecule has 0 aromatic rings. The van der Waals surface area contributed by atoms with E-state index in [0.717, 1.165) is 6.04 Å². The molecule has 1 rings (SSSR count). The van der Waals surface area contributed by atoms with Gasteiger partial charge in [-0.3, -0.25) is 0 Å². The standard InChI is InChI=1S/C8H19NSi/c1-9(7-10)8-5-3-2-4-6-8/h8H,2-7H2,1,10H3. The van der Waals surface area contributed by atoms with E-state index in [1.54, 1.807) is 0 Å². The van der Waals surface area contributed by atoms with E-state index in [-0.39, 0.29) is 0 Å². The van der Waals surface area contributed by atoms with Gasteiger partial charge < -0.3 is 4.90 Å². The molecule has 0 aliphatic heterocycles. The molecule has 0 saturated heterocycles. The number of hydrogen-bond donors (Lipinski definition) is 0. The Labute approximate surface area is 67.2 Å². The molecule has 2 heteroatoms. The quantitative estimate of drug-likeness (QED) is 0.530. The Morgan fingerprint density at radius 1 is 1.30 bits per heavy atom. The molecule has 1 saturated carbocycles. The fourth-order valence-corrected chi connectivity index (χ4v) is 2.30. The van der Waals surface area contributed by atoms with Crippen LogP contribution in [0.3, 0.4) is 0 Å². The minimum atomic E-state index is 0.936. The summed E-state index contributed by atoms with van der Waals surface area (Å²) in [7, 11) is 3.61. The van der Waals surface area contributed by atoms with Crippen molar-refractivity contribution in [2.24, 2.45) is 0 Å². The summed E-state index contributed by atoms with van der Waals surface area (Å²) >= 11 is 0. The molecule has 1 aliphatic rings. The van der Waals surface area contributed by atoms with Crippen molar-refractivity contribution >= 4 is 10.2 Å². The van der Waals surface area contributed by atoms with E-state index in [2.05, 4.69) is 11.9 Å². The van der Waals surface area contributed by atoms with Crippen molar-refractivity contribution in [2.45, 2.75) is 38.1 Å². The molecule has 0 atom stereocenters. The summed E-state index contributed by atoms with van der Waals surface area (Å²) in [6.07, 6.45) is 8.68. The van der Waals surface area contributed by atoms with E-state index in [9.17, 15) is 0 Å². The Hall–Kier alpha value is 0.177. The molecular formula is C8H19NSi. The maximum atomic E-state index is 2.55. The van der Waals surface area contributed by atoms with Crippen LogP contribution in [0.2, 0.25) is 0 Å². The normalized spacial score (nSPS) is 22.2. The first-order valence-electron chi connectivity index (χ1n) is 4.55. The summed E-state index contributed by atoms with van der Waals surface area (Å²) in [6.45, 7) is 0. The summed E-state index contributed by atoms with van der Waals surface area (Å²) in [5.41, 5.74) is 0. The lowest BCUT2D eigenvalue weighted by Gasteiger charge is -2.30. The van der Waals surface area contributed by atoms with Crippen molar-refractivity contribution in [1.82, 2.24) is 4.90 Å². The molecule has 60 valence electrons. The summed E-state index contributed by atoms with van der Waals surface area (Å²) in [4.78, 5) is 2.55. The van der Waals surface area contributed by atoms with Crippen LogP contribution >= 0.6 is 0 Å². The van der Waals surface area contributed by atoms with Crippen LogP contribution in [0.5, 0.6) is 0 Å². The van der Waals surface area contributed by atoms with Gasteiger partial charge in [0.1, 0.15) is 0 Å². The van der Waals surface area contributed by atoms with Crippen LogP contribution in [-0.4, -0.2) is 34.4 Å². The zero-order valence-electron chi connectivity index (χ0n) is 7.27. The predicted molar refractivity (Wildman–Crippen MR) is 49.4 cm³/mol. The summed E-state index contributed by atoms with van der Waals surface area (Å²) < 4.78 is 0. The summed E-state index contributed by atoms with van der Waals surface area (Å²) in [5, 5.41) is 0. The Morgan fingerprint density at radius 2 is 1.90 bits per heavy atom. The Kier molecular flexibility index (Phi) is 3.42. The zero-order valence-corrected chi connectivity index (χ0v) is 9.27. The van der Waals surface area contributed by atoms with E-state index in [1.807, 2.05) is 0 Å². The van der Waals surface area contributed by atoms with Gasteiger partial charge in [0.25, 0.3) is 0 Å². The van der Waals surface area contributed by atoms with Gasteiger partial charge >= 0.3 is 0 Å². The van der Waals surface area contributed by atoms with Crippen LogP contribution in [0.15, 0.2) is 0 Å². The van der Waals surface area contributed by atoms with Gasteiger partial charge in [-0.25, -0.2) is 0 Å². The average Bonchev–Trinajstić information content (AvgIpc) is 2.05. The lowest BCUT2D eigenvalue weighted by Crippen LogP contribution is -2.34. The van der Waals surface area contributed by atoms with E-state index < -0.39 is 0 Å². The molecule has 0 aromatic carbocycles. The highest BCUT2D eigenvalue weighted by molar-refractivity contribution is 6.08. The third-order valence-electron chi connectivity index (χ3n) is 2.70. The Bertz CT molecular complexity index is 89.3. The Balaban J connectivity index is 2.24. The van der Waals surface area contributed by atoms with Crippen LogP contribution in [0.25, 0.3) is 0 Å². The van der Waals surface area contributed by atoms with Crippen molar-refractivity contribution in [3.63, 3.8) is 0 Å². The lowest BCUT2D eigenvalue weighted by atomic mass is 9.95. The van der Waals surface area contributed by atoms with Crippen LogP contribution in [0.4, 0.5) is 0 Å². The van der Waals surface area contributed by atoms with E-state index in [0.29, 0.717) is 0 Å². The molecule has 0 aromatic heterocycles. The van der Waals surface area contributed by atoms with Crippen LogP contribution in [-0.2, 0) is 0 Å². The fraction of sp³-hybridized carbons (Fsp3) is 1.00. The Morgan fingerprint density at radius 3 is 2.40 bits per heavy atom. The third kappa shape index (κ3) is 2.10. The molecule has 0 amide bonds. The minimum absolute atomic E-state index is 0.936. The van der Waals surface area contributed by atoms with Gasteiger partial charge in [-0.05, 0) is 26.1 Å². The molecule has 0 radical (unpaired) electrons. The maximum absolute atomic E-state index is 2.55. The maximum Gasteiger partial charge on any atom is 0.0205 e. The first-order valence-corrected chi connectivity index (χ1v) is 5.96. The van der Waals surface area contributed by atoms with Crippen molar-refractivity contribution in [3.8, 4) is 0 Å². The zero-order chi connectivity index (χ0) is 7.40. The highest BCUT2D eigenvalue weighted by Gasteiger charge is 2.15. The fourth-order valence-electron chi connectivity index (χ4n) is 1.78. The van der Waals surface area contributed by atoms with Crippen LogP contribution < -0.4 is 0 Å². The third-order valence-corrected chi connectivity index (χ3v) is 3.69. The summed E-state index contributed by atoms with van der Waals surface area (Å²) in [6, 6.07) is 0.936. The highest BCUT2D eigenvalue weighted by Crippen LogP contribution is 2.20. The van der Waals surface area contributed by atoms with Gasteiger partial charge in [-0.1, -0.05) is 19.3 Å². The smallest absolute Gasteiger partial charge is 0.0205 e. The number of nitrogens with zero attached hydrogens (tertiary/aromatic N) is 1. The number of hydrogen-bond acceptors (Lipinski definition) is 1. The first-order chi connectivity index (χ1) is 4.84. The molecule has 10 heavy (non-hydrogen) atoms. The first kappa shape index (κ1) is 8.28. The summed E-state index contributed by atoms with van der Waals surface area (Å²) in [5.74, 6) is 0. The SMILES string of the molecule is CN(C[SiH3])C1CCCCC1. The molecule has 0 heterocycles. The van der Waals surface area contributed by atoms with Crippen molar-refractivity contribution < 1.29 is 0 Å². The van der Waals surface area contributed by atoms with E-state index in [1.165, 1.54) is 48.5 Å². The highest BCUT2D eigenvalue weighted by atomic mass is 28.1. The molecular weight excluding hydrogens is 138 g/mol. The van der Waals surface area contributed by atoms with Gasteiger partial charge in [0, 0.05) is 16.3 Å². The van der Waals surface area contributed by atoms with Crippen LogP contribution in [0.1, 0.15) is 32.1 Å².